The molecule has 0 radical (unpaired) electrons. The van der Waals surface area contributed by atoms with Gasteiger partial charge in [-0.2, -0.15) is 16.4 Å². The number of nitrogens with zero attached hydrogens (tertiary/aromatic N) is 2. The fraction of sp³-hybridized carbons (Fsp3) is 0.417. The van der Waals surface area contributed by atoms with Gasteiger partial charge in [-0.3, -0.25) is 4.68 Å². The largest absolute Gasteiger partial charge is 0.305 e. The normalized spacial score (nSPS) is 12.9. The van der Waals surface area contributed by atoms with Crippen molar-refractivity contribution in [1.82, 2.24) is 15.1 Å². The molecule has 0 aliphatic carbocycles. The molecule has 0 saturated heterocycles. The van der Waals surface area contributed by atoms with Crippen LogP contribution >= 0.6 is 27.3 Å². The maximum absolute atomic E-state index is 4.29. The molecule has 2 aromatic rings. The minimum Gasteiger partial charge on any atom is -0.305 e. The van der Waals surface area contributed by atoms with Crippen molar-refractivity contribution < 1.29 is 0 Å². The number of hydrogen-bond acceptors (Lipinski definition) is 3. The Morgan fingerprint density at radius 1 is 1.59 bits per heavy atom. The van der Waals surface area contributed by atoms with Gasteiger partial charge in [0.15, 0.2) is 0 Å². The molecule has 92 valence electrons. The molecule has 0 spiro atoms. The van der Waals surface area contributed by atoms with E-state index in [1.165, 1.54) is 11.3 Å². The van der Waals surface area contributed by atoms with Crippen LogP contribution in [0.25, 0.3) is 0 Å². The van der Waals surface area contributed by atoms with Crippen LogP contribution in [-0.2, 0) is 7.05 Å². The maximum atomic E-state index is 4.29. The fourth-order valence-corrected chi connectivity index (χ4v) is 3.11. The maximum Gasteiger partial charge on any atom is 0.0767 e. The zero-order chi connectivity index (χ0) is 12.3. The van der Waals surface area contributed by atoms with Crippen LogP contribution in [0.3, 0.4) is 0 Å². The first-order chi connectivity index (χ1) is 8.24. The summed E-state index contributed by atoms with van der Waals surface area (Å²) >= 11 is 5.30. The summed E-state index contributed by atoms with van der Waals surface area (Å²) in [7, 11) is 1.98. The Kier molecular flexibility index (Phi) is 4.36. The molecule has 2 rings (SSSR count). The van der Waals surface area contributed by atoms with Crippen molar-refractivity contribution in [2.75, 3.05) is 6.54 Å². The summed E-state index contributed by atoms with van der Waals surface area (Å²) < 4.78 is 2.98. The van der Waals surface area contributed by atoms with Gasteiger partial charge >= 0.3 is 0 Å². The van der Waals surface area contributed by atoms with Crippen molar-refractivity contribution in [2.45, 2.75) is 19.4 Å². The van der Waals surface area contributed by atoms with Crippen molar-refractivity contribution >= 4 is 27.3 Å². The molecule has 1 atom stereocenters. The number of thiophene rings is 1. The highest BCUT2D eigenvalue weighted by molar-refractivity contribution is 9.10. The monoisotopic (exact) mass is 313 g/mol. The van der Waals surface area contributed by atoms with Crippen molar-refractivity contribution in [1.29, 1.82) is 0 Å². The SMILES string of the molecule is CCCNC(c1ccsc1)c1c(Br)cnn1C. The van der Waals surface area contributed by atoms with Crippen molar-refractivity contribution in [3.05, 3.63) is 38.8 Å². The van der Waals surface area contributed by atoms with E-state index in [-0.39, 0.29) is 6.04 Å². The van der Waals surface area contributed by atoms with Crippen LogP contribution in [-0.4, -0.2) is 16.3 Å². The van der Waals surface area contributed by atoms with E-state index >= 15 is 0 Å². The standard InChI is InChI=1S/C12H16BrN3S/c1-3-5-14-11(9-4-6-17-8-9)12-10(13)7-15-16(12)2/h4,6-8,11,14H,3,5H2,1-2H3. The molecule has 0 aliphatic rings. The second-order valence-electron chi connectivity index (χ2n) is 3.95. The van der Waals surface area contributed by atoms with E-state index in [4.69, 9.17) is 0 Å². The first kappa shape index (κ1) is 12.8. The second kappa shape index (κ2) is 5.80. The highest BCUT2D eigenvalue weighted by atomic mass is 79.9. The van der Waals surface area contributed by atoms with Crippen molar-refractivity contribution in [3.63, 3.8) is 0 Å². The molecule has 2 aromatic heterocycles. The van der Waals surface area contributed by atoms with E-state index in [9.17, 15) is 0 Å². The summed E-state index contributed by atoms with van der Waals surface area (Å²) in [6.07, 6.45) is 2.97. The van der Waals surface area contributed by atoms with E-state index in [1.54, 1.807) is 11.3 Å². The Labute approximate surface area is 114 Å². The molecular weight excluding hydrogens is 298 g/mol. The molecule has 17 heavy (non-hydrogen) atoms. The predicted octanol–water partition coefficient (Wildman–Crippen LogP) is 3.33. The van der Waals surface area contributed by atoms with Crippen LogP contribution in [0.15, 0.2) is 27.5 Å². The number of hydrogen-bond donors (Lipinski definition) is 1. The lowest BCUT2D eigenvalue weighted by molar-refractivity contribution is 0.553. The number of halogens is 1. The molecule has 2 heterocycles. The smallest absolute Gasteiger partial charge is 0.0767 e. The molecule has 0 aliphatic heterocycles. The molecule has 3 nitrogen and oxygen atoms in total. The van der Waals surface area contributed by atoms with Gasteiger partial charge in [0.05, 0.1) is 22.4 Å². The lowest BCUT2D eigenvalue weighted by atomic mass is 10.1. The van der Waals surface area contributed by atoms with Crippen LogP contribution < -0.4 is 5.32 Å². The summed E-state index contributed by atoms with van der Waals surface area (Å²) in [4.78, 5) is 0. The average Bonchev–Trinajstić information content (AvgIpc) is 2.93. The van der Waals surface area contributed by atoms with Crippen LogP contribution in [0.5, 0.6) is 0 Å². The van der Waals surface area contributed by atoms with Crippen molar-refractivity contribution in [3.8, 4) is 0 Å². The van der Waals surface area contributed by atoms with E-state index in [0.717, 1.165) is 17.4 Å². The van der Waals surface area contributed by atoms with Crippen LogP contribution in [0.4, 0.5) is 0 Å². The summed E-state index contributed by atoms with van der Waals surface area (Å²) in [5.74, 6) is 0. The zero-order valence-corrected chi connectivity index (χ0v) is 12.4. The van der Waals surface area contributed by atoms with Gasteiger partial charge in [-0.25, -0.2) is 0 Å². The van der Waals surface area contributed by atoms with E-state index in [0.29, 0.717) is 0 Å². The van der Waals surface area contributed by atoms with Gasteiger partial charge in [0, 0.05) is 7.05 Å². The summed E-state index contributed by atoms with van der Waals surface area (Å²) in [6.45, 7) is 3.17. The molecule has 1 N–H and O–H groups in total. The Morgan fingerprint density at radius 3 is 2.94 bits per heavy atom. The Hall–Kier alpha value is -0.650. The Balaban J connectivity index is 2.33. The predicted molar refractivity (Wildman–Crippen MR) is 75.4 cm³/mol. The van der Waals surface area contributed by atoms with Crippen molar-refractivity contribution in [2.24, 2.45) is 7.05 Å². The number of aryl methyl sites for hydroxylation is 1. The lowest BCUT2D eigenvalue weighted by Crippen LogP contribution is -2.25. The second-order valence-corrected chi connectivity index (χ2v) is 5.58. The third-order valence-corrected chi connectivity index (χ3v) is 4.00. The van der Waals surface area contributed by atoms with E-state index < -0.39 is 0 Å². The quantitative estimate of drug-likeness (QED) is 0.917. The Bertz CT molecular complexity index is 445. The molecule has 0 bridgehead atoms. The minimum absolute atomic E-state index is 0.211. The Morgan fingerprint density at radius 2 is 2.41 bits per heavy atom. The highest BCUT2D eigenvalue weighted by Crippen LogP contribution is 2.29. The molecule has 1 unspecified atom stereocenters. The number of aromatic nitrogens is 2. The van der Waals surface area contributed by atoms with Gasteiger partial charge in [-0.05, 0) is 51.3 Å². The molecule has 0 saturated carbocycles. The molecule has 5 heteroatoms. The van der Waals surface area contributed by atoms with Gasteiger partial charge in [0.1, 0.15) is 0 Å². The molecular formula is C12H16BrN3S. The third kappa shape index (κ3) is 2.78. The fourth-order valence-electron chi connectivity index (χ4n) is 1.85. The average molecular weight is 314 g/mol. The van der Waals surface area contributed by atoms with Crippen LogP contribution in [0.2, 0.25) is 0 Å². The number of rotatable bonds is 5. The lowest BCUT2D eigenvalue weighted by Gasteiger charge is -2.18. The summed E-state index contributed by atoms with van der Waals surface area (Å²) in [5.41, 5.74) is 2.48. The number of nitrogens with one attached hydrogen (secondary N) is 1. The van der Waals surface area contributed by atoms with Gasteiger partial charge in [-0.1, -0.05) is 6.92 Å². The van der Waals surface area contributed by atoms with E-state index in [1.807, 2.05) is 17.9 Å². The van der Waals surface area contributed by atoms with Gasteiger partial charge in [-0.15, -0.1) is 0 Å². The minimum atomic E-state index is 0.211. The van der Waals surface area contributed by atoms with Crippen LogP contribution in [0, 0.1) is 0 Å². The molecule has 0 amide bonds. The topological polar surface area (TPSA) is 29.9 Å². The summed E-state index contributed by atoms with van der Waals surface area (Å²) in [6, 6.07) is 2.38. The zero-order valence-electron chi connectivity index (χ0n) is 9.98. The summed E-state index contributed by atoms with van der Waals surface area (Å²) in [5, 5.41) is 12.2. The first-order valence-corrected chi connectivity index (χ1v) is 7.40. The molecule has 0 fully saturated rings. The van der Waals surface area contributed by atoms with Gasteiger partial charge < -0.3 is 5.32 Å². The van der Waals surface area contributed by atoms with Crippen LogP contribution in [0.1, 0.15) is 30.6 Å². The highest BCUT2D eigenvalue weighted by Gasteiger charge is 2.20. The van der Waals surface area contributed by atoms with Gasteiger partial charge in [0.25, 0.3) is 0 Å². The van der Waals surface area contributed by atoms with E-state index in [2.05, 4.69) is 50.1 Å². The molecule has 0 aromatic carbocycles. The third-order valence-electron chi connectivity index (χ3n) is 2.69. The first-order valence-electron chi connectivity index (χ1n) is 5.67. The van der Waals surface area contributed by atoms with Gasteiger partial charge in [0.2, 0.25) is 0 Å².